The summed E-state index contributed by atoms with van der Waals surface area (Å²) in [5, 5.41) is 3.38. The van der Waals surface area contributed by atoms with Crippen LogP contribution in [-0.4, -0.2) is 10.1 Å². The van der Waals surface area contributed by atoms with Gasteiger partial charge in [0.25, 0.3) is 0 Å². The van der Waals surface area contributed by atoms with E-state index < -0.39 is 0 Å². The molecule has 0 aromatic carbocycles. The van der Waals surface area contributed by atoms with Crippen molar-refractivity contribution in [2.75, 3.05) is 0 Å². The van der Waals surface area contributed by atoms with E-state index in [9.17, 15) is 0 Å². The van der Waals surface area contributed by atoms with Crippen LogP contribution in [0.5, 0.6) is 0 Å². The van der Waals surface area contributed by atoms with E-state index in [1.165, 1.54) is 5.56 Å². The number of nitrogens with one attached hydrogen (secondary N) is 2. The first-order valence-electron chi connectivity index (χ1n) is 3.88. The van der Waals surface area contributed by atoms with E-state index in [2.05, 4.69) is 15.7 Å². The molecule has 0 atom stereocenters. The molecule has 0 unspecified atom stereocenters. The summed E-state index contributed by atoms with van der Waals surface area (Å²) < 4.78 is 0. The van der Waals surface area contributed by atoms with Crippen molar-refractivity contribution in [2.45, 2.75) is 13.5 Å². The number of aryl methyl sites for hydroxylation is 1. The van der Waals surface area contributed by atoms with Crippen molar-refractivity contribution in [3.63, 3.8) is 0 Å². The number of aromatic nitrogens is 1. The number of hydrogen-bond donors (Lipinski definition) is 3. The highest BCUT2D eigenvalue weighted by molar-refractivity contribution is 7.80. The zero-order valence-electron chi connectivity index (χ0n) is 7.37. The van der Waals surface area contributed by atoms with E-state index in [0.717, 1.165) is 5.56 Å². The van der Waals surface area contributed by atoms with E-state index in [4.69, 9.17) is 18.1 Å². The van der Waals surface area contributed by atoms with E-state index in [1.54, 1.807) is 6.20 Å². The highest BCUT2D eigenvalue weighted by atomic mass is 32.1. The molecule has 4 N–H and O–H groups in total. The van der Waals surface area contributed by atoms with Gasteiger partial charge in [0.15, 0.2) is 5.11 Å². The molecule has 0 aliphatic carbocycles. The van der Waals surface area contributed by atoms with Gasteiger partial charge in [0.05, 0.1) is 0 Å². The van der Waals surface area contributed by atoms with E-state index >= 15 is 0 Å². The van der Waals surface area contributed by atoms with Crippen LogP contribution >= 0.6 is 12.2 Å². The predicted molar refractivity (Wildman–Crippen MR) is 55.7 cm³/mol. The molecule has 0 radical (unpaired) electrons. The molecule has 1 aromatic rings. The molecule has 0 saturated carbocycles. The van der Waals surface area contributed by atoms with E-state index in [-0.39, 0.29) is 0 Å². The second-order valence-corrected chi connectivity index (χ2v) is 3.04. The lowest BCUT2D eigenvalue weighted by Crippen LogP contribution is -2.39. The van der Waals surface area contributed by atoms with Crippen LogP contribution in [0.2, 0.25) is 0 Å². The maximum atomic E-state index is 5.10. The van der Waals surface area contributed by atoms with Crippen LogP contribution < -0.4 is 16.6 Å². The van der Waals surface area contributed by atoms with Gasteiger partial charge in [-0.05, 0) is 36.3 Å². The van der Waals surface area contributed by atoms with Crippen molar-refractivity contribution in [1.82, 2.24) is 15.7 Å². The molecule has 0 aliphatic heterocycles. The zero-order valence-corrected chi connectivity index (χ0v) is 8.19. The lowest BCUT2D eigenvalue weighted by molar-refractivity contribution is 0.855. The Kier molecular flexibility index (Phi) is 3.60. The van der Waals surface area contributed by atoms with Gasteiger partial charge in [-0.2, -0.15) is 0 Å². The molecule has 0 saturated heterocycles. The average Bonchev–Trinajstić information content (AvgIpc) is 2.16. The van der Waals surface area contributed by atoms with Gasteiger partial charge < -0.3 is 10.7 Å². The van der Waals surface area contributed by atoms with Crippen molar-refractivity contribution in [1.29, 1.82) is 0 Å². The van der Waals surface area contributed by atoms with Crippen LogP contribution in [0.3, 0.4) is 0 Å². The topological polar surface area (TPSA) is 63.0 Å². The van der Waals surface area contributed by atoms with Crippen LogP contribution in [0, 0.1) is 6.92 Å². The molecule has 1 aromatic heterocycles. The Hall–Kier alpha value is -1.20. The van der Waals surface area contributed by atoms with Crippen molar-refractivity contribution < 1.29 is 0 Å². The Morgan fingerprint density at radius 3 is 3.08 bits per heavy atom. The Balaban J connectivity index is 2.54. The van der Waals surface area contributed by atoms with Gasteiger partial charge in [-0.15, -0.1) is 0 Å². The summed E-state index contributed by atoms with van der Waals surface area (Å²) in [5.41, 5.74) is 4.65. The lowest BCUT2D eigenvalue weighted by atomic mass is 10.2. The Morgan fingerprint density at radius 1 is 1.69 bits per heavy atom. The van der Waals surface area contributed by atoms with Crippen molar-refractivity contribution in [2.24, 2.45) is 5.84 Å². The van der Waals surface area contributed by atoms with Crippen molar-refractivity contribution >= 4 is 17.3 Å². The highest BCUT2D eigenvalue weighted by Crippen LogP contribution is 2.03. The smallest absolute Gasteiger partial charge is 0.180 e. The Bertz CT molecular complexity index is 300. The second kappa shape index (κ2) is 4.74. The summed E-state index contributed by atoms with van der Waals surface area (Å²) in [4.78, 5) is 4.01. The lowest BCUT2D eigenvalue weighted by Gasteiger charge is -2.08. The molecule has 0 bridgehead atoms. The van der Waals surface area contributed by atoms with Gasteiger partial charge >= 0.3 is 0 Å². The van der Waals surface area contributed by atoms with Crippen LogP contribution in [0.15, 0.2) is 18.5 Å². The van der Waals surface area contributed by atoms with E-state index in [0.29, 0.717) is 11.7 Å². The third kappa shape index (κ3) is 2.96. The largest absolute Gasteiger partial charge is 0.358 e. The first kappa shape index (κ1) is 9.88. The monoisotopic (exact) mass is 196 g/mol. The van der Waals surface area contributed by atoms with Gasteiger partial charge in [-0.25, -0.2) is 5.84 Å². The molecule has 13 heavy (non-hydrogen) atoms. The zero-order chi connectivity index (χ0) is 9.68. The minimum absolute atomic E-state index is 0.434. The Labute approximate surface area is 82.5 Å². The normalized spacial score (nSPS) is 9.38. The number of hydrazine groups is 1. The fourth-order valence-corrected chi connectivity index (χ4v) is 0.980. The number of thiocarbonyl (C=S) groups is 1. The SMILES string of the molecule is Cc1ccncc1CNC(=S)NN. The summed E-state index contributed by atoms with van der Waals surface area (Å²) in [5.74, 6) is 5.10. The van der Waals surface area contributed by atoms with Gasteiger partial charge in [0.1, 0.15) is 0 Å². The summed E-state index contributed by atoms with van der Waals surface area (Å²) in [7, 11) is 0. The first-order valence-corrected chi connectivity index (χ1v) is 4.29. The number of pyridine rings is 1. The van der Waals surface area contributed by atoms with Crippen molar-refractivity contribution in [3.05, 3.63) is 29.6 Å². The summed E-state index contributed by atoms with van der Waals surface area (Å²) in [6, 6.07) is 1.95. The van der Waals surface area contributed by atoms with Gasteiger partial charge in [0.2, 0.25) is 0 Å². The van der Waals surface area contributed by atoms with E-state index in [1.807, 2.05) is 19.2 Å². The fourth-order valence-electron chi connectivity index (χ4n) is 0.908. The van der Waals surface area contributed by atoms with Gasteiger partial charge in [-0.3, -0.25) is 4.98 Å². The predicted octanol–water partition coefficient (Wildman–Crippen LogP) is 0.228. The third-order valence-corrected chi connectivity index (χ3v) is 1.98. The van der Waals surface area contributed by atoms with Gasteiger partial charge in [0, 0.05) is 18.9 Å². The molecule has 1 heterocycles. The number of nitrogens with two attached hydrogens (primary N) is 1. The van der Waals surface area contributed by atoms with Crippen LogP contribution in [0.1, 0.15) is 11.1 Å². The summed E-state index contributed by atoms with van der Waals surface area (Å²) in [6.07, 6.45) is 3.57. The van der Waals surface area contributed by atoms with Crippen LogP contribution in [0.4, 0.5) is 0 Å². The molecule has 0 spiro atoms. The molecule has 4 nitrogen and oxygen atoms in total. The van der Waals surface area contributed by atoms with Crippen molar-refractivity contribution in [3.8, 4) is 0 Å². The molecular formula is C8H12N4S. The minimum atomic E-state index is 0.434. The maximum Gasteiger partial charge on any atom is 0.180 e. The molecular weight excluding hydrogens is 184 g/mol. The second-order valence-electron chi connectivity index (χ2n) is 2.63. The average molecular weight is 196 g/mol. The van der Waals surface area contributed by atoms with Crippen LogP contribution in [0.25, 0.3) is 0 Å². The standard InChI is InChI=1S/C8H12N4S/c1-6-2-3-10-4-7(6)5-11-8(13)12-9/h2-4H,5,9H2,1H3,(H2,11,12,13). The fraction of sp³-hybridized carbons (Fsp3) is 0.250. The summed E-state index contributed by atoms with van der Waals surface area (Å²) >= 11 is 4.83. The van der Waals surface area contributed by atoms with Crippen LogP contribution in [-0.2, 0) is 6.54 Å². The molecule has 5 heteroatoms. The molecule has 0 fully saturated rings. The third-order valence-electron chi connectivity index (χ3n) is 1.72. The summed E-state index contributed by atoms with van der Waals surface area (Å²) in [6.45, 7) is 2.67. The number of nitrogens with zero attached hydrogens (tertiary/aromatic N) is 1. The molecule has 0 aliphatic rings. The molecule has 0 amide bonds. The Morgan fingerprint density at radius 2 is 2.46 bits per heavy atom. The molecule has 70 valence electrons. The molecule has 1 rings (SSSR count). The number of hydrogen-bond acceptors (Lipinski definition) is 3. The van der Waals surface area contributed by atoms with Gasteiger partial charge in [-0.1, -0.05) is 0 Å². The quantitative estimate of drug-likeness (QED) is 0.359. The highest BCUT2D eigenvalue weighted by Gasteiger charge is 1.97. The minimum Gasteiger partial charge on any atom is -0.358 e. The maximum absolute atomic E-state index is 5.10. The number of rotatable bonds is 2. The first-order chi connectivity index (χ1) is 6.24.